The Hall–Kier alpha value is -1.11. The molecular weight excluding hydrogens is 291 g/mol. The van der Waals surface area contributed by atoms with Crippen LogP contribution in [0.3, 0.4) is 0 Å². The largest absolute Gasteiger partial charge is 0.362 e. The molecule has 0 saturated heterocycles. The first kappa shape index (κ1) is 11.0. The van der Waals surface area contributed by atoms with Crippen molar-refractivity contribution in [3.63, 3.8) is 0 Å². The minimum Gasteiger partial charge on any atom is -0.289 e. The molecule has 5 heteroatoms. The number of nitrogens with zero attached hydrogens (tertiary/aromatic N) is 1. The molecule has 1 rings (SSSR count). The van der Waals surface area contributed by atoms with E-state index in [9.17, 15) is 0 Å². The highest BCUT2D eigenvalue weighted by molar-refractivity contribution is 14.1. The molecule has 0 saturated carbocycles. The van der Waals surface area contributed by atoms with Crippen LogP contribution >= 0.6 is 22.6 Å². The van der Waals surface area contributed by atoms with Gasteiger partial charge in [0.1, 0.15) is 0 Å². The monoisotopic (exact) mass is 303 g/mol. The van der Waals surface area contributed by atoms with E-state index in [4.69, 9.17) is 11.5 Å². The zero-order chi connectivity index (χ0) is 10.6. The van der Waals surface area contributed by atoms with Crippen LogP contribution < -0.4 is 16.6 Å². The topological polar surface area (TPSA) is 78.4 Å². The molecule has 4 nitrogen and oxygen atoms in total. The molecule has 0 spiro atoms. The summed E-state index contributed by atoms with van der Waals surface area (Å²) >= 11 is 2.25. The first-order chi connectivity index (χ1) is 6.59. The Bertz CT molecular complexity index is 363. The van der Waals surface area contributed by atoms with Crippen LogP contribution in [0, 0.1) is 3.57 Å². The van der Waals surface area contributed by atoms with Crippen molar-refractivity contribution in [3.8, 4) is 0 Å². The average molecular weight is 303 g/mol. The van der Waals surface area contributed by atoms with E-state index in [2.05, 4.69) is 32.8 Å². The van der Waals surface area contributed by atoms with Crippen molar-refractivity contribution in [2.45, 2.75) is 6.92 Å². The number of hydrazone groups is 1. The second kappa shape index (κ2) is 4.94. The number of hydrogen-bond donors (Lipinski definition) is 3. The van der Waals surface area contributed by atoms with Crippen molar-refractivity contribution in [1.82, 2.24) is 0 Å². The van der Waals surface area contributed by atoms with E-state index in [1.807, 2.05) is 31.2 Å². The van der Waals surface area contributed by atoms with Gasteiger partial charge in [-0.2, -0.15) is 5.10 Å². The maximum Gasteiger partial charge on any atom is 0.362 e. The lowest BCUT2D eigenvalue weighted by Crippen LogP contribution is -2.72. The Labute approximate surface area is 96.2 Å². The summed E-state index contributed by atoms with van der Waals surface area (Å²) < 4.78 is 1.19. The van der Waals surface area contributed by atoms with Crippen LogP contribution in [0.25, 0.3) is 0 Å². The third kappa shape index (κ3) is 3.33. The van der Waals surface area contributed by atoms with Gasteiger partial charge in [0, 0.05) is 3.57 Å². The number of rotatable bonds is 2. The van der Waals surface area contributed by atoms with Gasteiger partial charge in [-0.1, -0.05) is 12.1 Å². The standard InChI is InChI=1S/C9H11IN4/c1-6(13-14-9(11)12)7-2-4-8(10)5-3-7/h2-5H,1H3,(H4,11,12,14)/p+1/b13-6-. The molecule has 74 valence electrons. The van der Waals surface area contributed by atoms with Crippen molar-refractivity contribution >= 4 is 34.3 Å². The summed E-state index contributed by atoms with van der Waals surface area (Å²) in [6.45, 7) is 1.89. The van der Waals surface area contributed by atoms with Crippen molar-refractivity contribution in [2.75, 3.05) is 0 Å². The molecule has 0 unspecified atom stereocenters. The number of guanidine groups is 1. The van der Waals surface area contributed by atoms with E-state index in [1.165, 1.54) is 3.57 Å². The van der Waals surface area contributed by atoms with Gasteiger partial charge in [-0.25, -0.2) is 0 Å². The SMILES string of the molecule is C/C(=N/[NH+]=C(N)N)c1ccc(I)cc1. The molecule has 0 aliphatic rings. The van der Waals surface area contributed by atoms with E-state index in [1.54, 1.807) is 0 Å². The van der Waals surface area contributed by atoms with Gasteiger partial charge in [0.05, 0.1) is 5.71 Å². The predicted octanol–water partition coefficient (Wildman–Crippen LogP) is -0.631. The Kier molecular flexibility index (Phi) is 3.87. The minimum atomic E-state index is 0.0925. The lowest BCUT2D eigenvalue weighted by molar-refractivity contribution is -0.464. The van der Waals surface area contributed by atoms with Crippen LogP contribution in [-0.2, 0) is 0 Å². The van der Waals surface area contributed by atoms with Gasteiger partial charge in [-0.15, -0.1) is 5.10 Å². The van der Waals surface area contributed by atoms with Gasteiger partial charge in [-0.3, -0.25) is 11.5 Å². The summed E-state index contributed by atoms with van der Waals surface area (Å²) in [5.41, 5.74) is 12.3. The molecule has 0 amide bonds. The average Bonchev–Trinajstić information content (AvgIpc) is 2.15. The highest BCUT2D eigenvalue weighted by atomic mass is 127. The second-order valence-electron chi connectivity index (χ2n) is 2.77. The summed E-state index contributed by atoms with van der Waals surface area (Å²) in [7, 11) is 0. The zero-order valence-corrected chi connectivity index (χ0v) is 9.95. The van der Waals surface area contributed by atoms with Crippen LogP contribution in [0.5, 0.6) is 0 Å². The quantitative estimate of drug-likeness (QED) is 0.294. The molecule has 0 aliphatic carbocycles. The van der Waals surface area contributed by atoms with E-state index in [0.717, 1.165) is 11.3 Å². The van der Waals surface area contributed by atoms with Crippen molar-refractivity contribution in [2.24, 2.45) is 16.6 Å². The fourth-order valence-electron chi connectivity index (χ4n) is 0.904. The lowest BCUT2D eigenvalue weighted by atomic mass is 10.1. The van der Waals surface area contributed by atoms with Crippen molar-refractivity contribution in [1.29, 1.82) is 0 Å². The summed E-state index contributed by atoms with van der Waals surface area (Å²) in [5.74, 6) is 0.0925. The molecule has 1 aromatic rings. The number of nitrogens with two attached hydrogens (primary N) is 2. The maximum absolute atomic E-state index is 5.22. The molecule has 5 N–H and O–H groups in total. The summed E-state index contributed by atoms with van der Waals surface area (Å²) in [6, 6.07) is 8.03. The van der Waals surface area contributed by atoms with Gasteiger partial charge in [0.2, 0.25) is 0 Å². The molecule has 0 atom stereocenters. The summed E-state index contributed by atoms with van der Waals surface area (Å²) in [5, 5.41) is 6.52. The highest BCUT2D eigenvalue weighted by Crippen LogP contribution is 2.06. The van der Waals surface area contributed by atoms with Crippen LogP contribution in [0.2, 0.25) is 0 Å². The zero-order valence-electron chi connectivity index (χ0n) is 7.79. The van der Waals surface area contributed by atoms with Gasteiger partial charge < -0.3 is 0 Å². The lowest BCUT2D eigenvalue weighted by Gasteiger charge is -1.97. The molecule has 0 radical (unpaired) electrons. The summed E-state index contributed by atoms with van der Waals surface area (Å²) in [6.07, 6.45) is 0. The molecule has 14 heavy (non-hydrogen) atoms. The Morgan fingerprint density at radius 3 is 2.36 bits per heavy atom. The molecule has 0 aromatic heterocycles. The smallest absolute Gasteiger partial charge is 0.289 e. The van der Waals surface area contributed by atoms with Crippen molar-refractivity contribution < 1.29 is 5.10 Å². The first-order valence-corrected chi connectivity index (χ1v) is 5.11. The van der Waals surface area contributed by atoms with Crippen molar-refractivity contribution in [3.05, 3.63) is 33.4 Å². The van der Waals surface area contributed by atoms with Crippen LogP contribution in [0.4, 0.5) is 0 Å². The number of hydrogen-bond acceptors (Lipinski definition) is 1. The third-order valence-corrected chi connectivity index (χ3v) is 2.33. The summed E-state index contributed by atoms with van der Waals surface area (Å²) in [4.78, 5) is 0. The molecule has 0 aliphatic heterocycles. The predicted molar refractivity (Wildman–Crippen MR) is 65.7 cm³/mol. The Morgan fingerprint density at radius 1 is 1.29 bits per heavy atom. The molecule has 0 fully saturated rings. The Balaban J connectivity index is 2.89. The second-order valence-corrected chi connectivity index (χ2v) is 4.02. The maximum atomic E-state index is 5.22. The van der Waals surface area contributed by atoms with Gasteiger partial charge in [0.15, 0.2) is 0 Å². The van der Waals surface area contributed by atoms with Gasteiger partial charge >= 0.3 is 5.96 Å². The molecule has 0 bridgehead atoms. The fourth-order valence-corrected chi connectivity index (χ4v) is 1.26. The van der Waals surface area contributed by atoms with E-state index in [-0.39, 0.29) is 5.96 Å². The van der Waals surface area contributed by atoms with E-state index < -0.39 is 0 Å². The third-order valence-electron chi connectivity index (χ3n) is 1.61. The van der Waals surface area contributed by atoms with Crippen LogP contribution in [0.1, 0.15) is 12.5 Å². The van der Waals surface area contributed by atoms with Crippen LogP contribution in [-0.4, -0.2) is 11.7 Å². The molecule has 1 aromatic carbocycles. The van der Waals surface area contributed by atoms with Crippen LogP contribution in [0.15, 0.2) is 29.4 Å². The number of halogens is 1. The first-order valence-electron chi connectivity index (χ1n) is 4.03. The molecular formula is C9H12IN4+. The number of benzene rings is 1. The highest BCUT2D eigenvalue weighted by Gasteiger charge is 1.96. The normalized spacial score (nSPS) is 11.1. The molecule has 0 heterocycles. The van der Waals surface area contributed by atoms with Gasteiger partial charge in [-0.05, 0) is 47.2 Å². The van der Waals surface area contributed by atoms with E-state index >= 15 is 0 Å². The Morgan fingerprint density at radius 2 is 1.86 bits per heavy atom. The number of nitrogens with one attached hydrogen (secondary N) is 1. The fraction of sp³-hybridized carbons (Fsp3) is 0.111. The van der Waals surface area contributed by atoms with E-state index in [0.29, 0.717) is 0 Å². The van der Waals surface area contributed by atoms with Gasteiger partial charge in [0.25, 0.3) is 0 Å². The minimum absolute atomic E-state index is 0.0925.